The van der Waals surface area contributed by atoms with Crippen molar-refractivity contribution in [2.45, 2.75) is 24.2 Å². The van der Waals surface area contributed by atoms with Crippen LogP contribution >= 0.6 is 11.8 Å². The number of nitrogens with one attached hydrogen (secondary N) is 1. The number of para-hydroxylation sites is 1. The molecule has 2 aliphatic rings. The van der Waals surface area contributed by atoms with Gasteiger partial charge in [-0.25, -0.2) is 8.42 Å². The Kier molecular flexibility index (Phi) is 5.01. The molecule has 8 heteroatoms. The highest BCUT2D eigenvalue weighted by Gasteiger charge is 2.54. The lowest BCUT2D eigenvalue weighted by molar-refractivity contribution is -0.118. The number of amides is 1. The zero-order valence-corrected chi connectivity index (χ0v) is 17.1. The Labute approximate surface area is 169 Å². The minimum atomic E-state index is -3.83. The van der Waals surface area contributed by atoms with E-state index in [1.807, 2.05) is 17.8 Å². The summed E-state index contributed by atoms with van der Waals surface area (Å²) in [5.74, 6) is 2.22. The van der Waals surface area contributed by atoms with Gasteiger partial charge in [-0.3, -0.25) is 9.10 Å². The summed E-state index contributed by atoms with van der Waals surface area (Å²) in [6.07, 6.45) is 0.480. The van der Waals surface area contributed by atoms with Crippen molar-refractivity contribution in [1.29, 1.82) is 0 Å². The Morgan fingerprint density at radius 1 is 1.14 bits per heavy atom. The standard InChI is InChI=1S/C20H22N2O4S2/c1-20(11-12-22(28(20,24)25)16-5-3-2-4-6-16)19(23)21-15-7-9-17(10-8-15)26-18-13-27-14-18/h2-10,18H,11-14H2,1H3,(H,21,23). The van der Waals surface area contributed by atoms with E-state index in [0.29, 0.717) is 11.4 Å². The molecule has 1 unspecified atom stereocenters. The number of hydrogen-bond acceptors (Lipinski definition) is 5. The van der Waals surface area contributed by atoms with Crippen molar-refractivity contribution in [2.75, 3.05) is 27.7 Å². The number of anilines is 2. The van der Waals surface area contributed by atoms with Crippen LogP contribution in [-0.2, 0) is 14.8 Å². The van der Waals surface area contributed by atoms with Crippen molar-refractivity contribution >= 4 is 39.1 Å². The van der Waals surface area contributed by atoms with Crippen LogP contribution in [0.2, 0.25) is 0 Å². The lowest BCUT2D eigenvalue weighted by atomic mass is 10.1. The Hall–Kier alpha value is -2.19. The maximum absolute atomic E-state index is 13.1. The molecule has 28 heavy (non-hydrogen) atoms. The second-order valence-electron chi connectivity index (χ2n) is 7.15. The number of carbonyl (C=O) groups is 1. The molecule has 2 aromatic carbocycles. The van der Waals surface area contributed by atoms with Crippen molar-refractivity contribution in [3.63, 3.8) is 0 Å². The van der Waals surface area contributed by atoms with Crippen LogP contribution in [0.1, 0.15) is 13.3 Å². The molecule has 6 nitrogen and oxygen atoms in total. The largest absolute Gasteiger partial charge is 0.489 e. The molecule has 1 atom stereocenters. The summed E-state index contributed by atoms with van der Waals surface area (Å²) in [7, 11) is -3.83. The van der Waals surface area contributed by atoms with Gasteiger partial charge < -0.3 is 10.1 Å². The van der Waals surface area contributed by atoms with Crippen LogP contribution in [0.25, 0.3) is 0 Å². The number of nitrogens with zero attached hydrogens (tertiary/aromatic N) is 1. The zero-order chi connectivity index (χ0) is 19.8. The molecule has 0 aliphatic carbocycles. The third-order valence-corrected chi connectivity index (χ3v) is 8.92. The van der Waals surface area contributed by atoms with Gasteiger partial charge in [0.25, 0.3) is 0 Å². The molecule has 0 radical (unpaired) electrons. The molecule has 2 saturated heterocycles. The van der Waals surface area contributed by atoms with Gasteiger partial charge in [-0.15, -0.1) is 0 Å². The van der Waals surface area contributed by atoms with E-state index >= 15 is 0 Å². The fourth-order valence-electron chi connectivity index (χ4n) is 3.25. The van der Waals surface area contributed by atoms with Gasteiger partial charge in [-0.05, 0) is 49.7 Å². The van der Waals surface area contributed by atoms with Crippen molar-refractivity contribution in [1.82, 2.24) is 0 Å². The topological polar surface area (TPSA) is 75.7 Å². The third kappa shape index (κ3) is 3.35. The first-order chi connectivity index (χ1) is 13.4. The van der Waals surface area contributed by atoms with E-state index in [-0.39, 0.29) is 19.1 Å². The Morgan fingerprint density at radius 3 is 2.43 bits per heavy atom. The average Bonchev–Trinajstić information content (AvgIpc) is 2.91. The second-order valence-corrected chi connectivity index (χ2v) is 10.5. The Bertz CT molecular complexity index is 959. The van der Waals surface area contributed by atoms with E-state index in [9.17, 15) is 13.2 Å². The molecule has 2 aliphatic heterocycles. The first kappa shape index (κ1) is 19.1. The number of ether oxygens (including phenoxy) is 1. The maximum Gasteiger partial charge on any atom is 0.249 e. The van der Waals surface area contributed by atoms with Crippen molar-refractivity contribution in [3.05, 3.63) is 54.6 Å². The van der Waals surface area contributed by atoms with Crippen LogP contribution in [0.15, 0.2) is 54.6 Å². The summed E-state index contributed by atoms with van der Waals surface area (Å²) in [5, 5.41) is 2.76. The van der Waals surface area contributed by atoms with E-state index in [1.165, 1.54) is 11.2 Å². The quantitative estimate of drug-likeness (QED) is 0.807. The van der Waals surface area contributed by atoms with Gasteiger partial charge >= 0.3 is 0 Å². The number of carbonyl (C=O) groups excluding carboxylic acids is 1. The van der Waals surface area contributed by atoms with Gasteiger partial charge in [0.1, 0.15) is 11.9 Å². The fraction of sp³-hybridized carbons (Fsp3) is 0.350. The third-order valence-electron chi connectivity index (χ3n) is 5.20. The number of rotatable bonds is 5. The number of benzene rings is 2. The maximum atomic E-state index is 13.1. The summed E-state index contributed by atoms with van der Waals surface area (Å²) < 4.78 is 31.8. The highest BCUT2D eigenvalue weighted by molar-refractivity contribution is 8.00. The minimum absolute atomic E-state index is 0.233. The number of hydrogen-bond donors (Lipinski definition) is 1. The summed E-state index contributed by atoms with van der Waals surface area (Å²) in [5.41, 5.74) is 1.13. The highest BCUT2D eigenvalue weighted by atomic mass is 32.2. The monoisotopic (exact) mass is 418 g/mol. The molecule has 4 rings (SSSR count). The number of sulfonamides is 1. The zero-order valence-electron chi connectivity index (χ0n) is 15.5. The Balaban J connectivity index is 1.48. The highest BCUT2D eigenvalue weighted by Crippen LogP contribution is 2.37. The van der Waals surface area contributed by atoms with Crippen molar-refractivity contribution in [2.24, 2.45) is 0 Å². The molecule has 1 amide bonds. The Morgan fingerprint density at radius 2 is 1.82 bits per heavy atom. The van der Waals surface area contributed by atoms with E-state index in [0.717, 1.165) is 17.3 Å². The molecule has 0 saturated carbocycles. The molecule has 2 heterocycles. The van der Waals surface area contributed by atoms with E-state index < -0.39 is 20.7 Å². The van der Waals surface area contributed by atoms with Crippen LogP contribution in [0, 0.1) is 0 Å². The molecule has 148 valence electrons. The predicted octanol–water partition coefficient (Wildman–Crippen LogP) is 3.12. The van der Waals surface area contributed by atoms with Gasteiger partial charge in [-0.2, -0.15) is 11.8 Å². The fourth-order valence-corrected chi connectivity index (χ4v) is 5.67. The SMILES string of the molecule is CC1(C(=O)Nc2ccc(OC3CSC3)cc2)CCN(c2ccccc2)S1(=O)=O. The first-order valence-electron chi connectivity index (χ1n) is 9.13. The molecule has 0 spiro atoms. The number of thioether (sulfide) groups is 1. The summed E-state index contributed by atoms with van der Waals surface area (Å²) in [4.78, 5) is 12.9. The molecule has 2 fully saturated rings. The molecular formula is C20H22N2O4S2. The summed E-state index contributed by atoms with van der Waals surface area (Å²) in [6, 6.07) is 15.9. The predicted molar refractivity (Wildman–Crippen MR) is 113 cm³/mol. The summed E-state index contributed by atoms with van der Waals surface area (Å²) in [6.45, 7) is 1.77. The van der Waals surface area contributed by atoms with E-state index in [4.69, 9.17) is 4.74 Å². The first-order valence-corrected chi connectivity index (χ1v) is 11.7. The van der Waals surface area contributed by atoms with E-state index in [1.54, 1.807) is 48.5 Å². The van der Waals surface area contributed by atoms with Crippen molar-refractivity contribution < 1.29 is 17.9 Å². The molecule has 0 aromatic heterocycles. The smallest absolute Gasteiger partial charge is 0.249 e. The van der Waals surface area contributed by atoms with E-state index in [2.05, 4.69) is 5.32 Å². The second kappa shape index (κ2) is 7.33. The lowest BCUT2D eigenvalue weighted by Gasteiger charge is -2.26. The average molecular weight is 419 g/mol. The van der Waals surface area contributed by atoms with Gasteiger partial charge in [0.15, 0.2) is 4.75 Å². The summed E-state index contributed by atoms with van der Waals surface area (Å²) >= 11 is 1.85. The minimum Gasteiger partial charge on any atom is -0.489 e. The van der Waals surface area contributed by atoms with Gasteiger partial charge in [0.05, 0.1) is 5.69 Å². The van der Waals surface area contributed by atoms with Crippen LogP contribution < -0.4 is 14.4 Å². The van der Waals surface area contributed by atoms with Crippen LogP contribution in [0.5, 0.6) is 5.75 Å². The molecule has 1 N–H and O–H groups in total. The molecule has 0 bridgehead atoms. The normalized spacial score (nSPS) is 23.8. The van der Waals surface area contributed by atoms with Crippen LogP contribution in [-0.4, -0.2) is 43.2 Å². The van der Waals surface area contributed by atoms with Gasteiger partial charge in [0.2, 0.25) is 15.9 Å². The molecule has 2 aromatic rings. The van der Waals surface area contributed by atoms with Gasteiger partial charge in [0, 0.05) is 23.7 Å². The van der Waals surface area contributed by atoms with Crippen LogP contribution in [0.4, 0.5) is 11.4 Å². The van der Waals surface area contributed by atoms with Crippen molar-refractivity contribution in [3.8, 4) is 5.75 Å². The molecular weight excluding hydrogens is 396 g/mol. The van der Waals surface area contributed by atoms with Crippen LogP contribution in [0.3, 0.4) is 0 Å². The van der Waals surface area contributed by atoms with Gasteiger partial charge in [-0.1, -0.05) is 18.2 Å². The lowest BCUT2D eigenvalue weighted by Crippen LogP contribution is -2.47.